The molecule has 26 heavy (non-hydrogen) atoms. The number of benzene rings is 2. The quantitative estimate of drug-likeness (QED) is 0.590. The van der Waals surface area contributed by atoms with Crippen molar-refractivity contribution >= 4 is 21.1 Å². The normalized spacial score (nSPS) is 13.0. The van der Waals surface area contributed by atoms with Crippen LogP contribution < -0.4 is 15.8 Å². The Kier molecular flexibility index (Phi) is 4.80. The molecule has 0 aliphatic carbocycles. The molecule has 8 heteroatoms. The third-order valence-corrected chi connectivity index (χ3v) is 5.82. The molecule has 1 aromatic heterocycles. The van der Waals surface area contributed by atoms with Gasteiger partial charge in [0.2, 0.25) is 10.0 Å². The van der Waals surface area contributed by atoms with Crippen LogP contribution in [0.1, 0.15) is 24.0 Å². The Morgan fingerprint density at radius 1 is 1.00 bits per heavy atom. The highest BCUT2D eigenvalue weighted by molar-refractivity contribution is 7.89. The lowest BCUT2D eigenvalue weighted by atomic mass is 10.0. The molecule has 0 saturated heterocycles. The van der Waals surface area contributed by atoms with E-state index in [0.717, 1.165) is 5.56 Å². The van der Waals surface area contributed by atoms with E-state index in [-0.39, 0.29) is 22.9 Å². The van der Waals surface area contributed by atoms with Gasteiger partial charge in [-0.05, 0) is 36.1 Å². The van der Waals surface area contributed by atoms with Gasteiger partial charge in [0, 0.05) is 6.54 Å². The van der Waals surface area contributed by atoms with Gasteiger partial charge in [0.25, 0.3) is 0 Å². The molecule has 3 rings (SSSR count). The molecule has 1 atom stereocenters. The Hall–Kier alpha value is -2.71. The average Bonchev–Trinajstić information content (AvgIpc) is 2.61. The van der Waals surface area contributed by atoms with Crippen molar-refractivity contribution in [3.8, 4) is 0 Å². The topological polar surface area (TPSA) is 112 Å². The van der Waals surface area contributed by atoms with Crippen LogP contribution in [0.4, 0.5) is 0 Å². The van der Waals surface area contributed by atoms with E-state index in [1.54, 1.807) is 6.92 Å². The number of sulfonamides is 1. The summed E-state index contributed by atoms with van der Waals surface area (Å²) < 4.78 is 28.0. The number of H-pyrrole nitrogens is 2. The van der Waals surface area contributed by atoms with Gasteiger partial charge in [0.1, 0.15) is 0 Å². The van der Waals surface area contributed by atoms with Crippen molar-refractivity contribution in [3.05, 3.63) is 74.3 Å². The largest absolute Gasteiger partial charge is 0.316 e. The molecular formula is C18H19N3O4S. The second-order valence-electron chi connectivity index (χ2n) is 6.24. The number of hydrogen-bond donors (Lipinski definition) is 3. The van der Waals surface area contributed by atoms with Gasteiger partial charge < -0.3 is 9.97 Å². The maximum Gasteiger partial charge on any atom is 0.314 e. The fourth-order valence-electron chi connectivity index (χ4n) is 2.75. The minimum absolute atomic E-state index is 0.00268. The van der Waals surface area contributed by atoms with Crippen LogP contribution in [-0.2, 0) is 10.0 Å². The van der Waals surface area contributed by atoms with E-state index in [1.165, 1.54) is 12.1 Å². The fourth-order valence-corrected chi connectivity index (χ4v) is 4.14. The zero-order valence-corrected chi connectivity index (χ0v) is 15.2. The Morgan fingerprint density at radius 3 is 2.19 bits per heavy atom. The molecule has 0 radical (unpaired) electrons. The minimum atomic E-state index is -3.77. The third-order valence-electron chi connectivity index (χ3n) is 4.26. The zero-order valence-electron chi connectivity index (χ0n) is 14.4. The summed E-state index contributed by atoms with van der Waals surface area (Å²) in [7, 11) is -3.77. The molecule has 2 aromatic carbocycles. The highest BCUT2D eigenvalue weighted by atomic mass is 32.2. The van der Waals surface area contributed by atoms with Gasteiger partial charge in [-0.1, -0.05) is 37.3 Å². The van der Waals surface area contributed by atoms with Crippen LogP contribution in [0.2, 0.25) is 0 Å². The van der Waals surface area contributed by atoms with E-state index in [1.807, 2.05) is 37.3 Å². The Balaban J connectivity index is 1.91. The minimum Gasteiger partial charge on any atom is -0.316 e. The highest BCUT2D eigenvalue weighted by Crippen LogP contribution is 2.21. The molecule has 1 heterocycles. The van der Waals surface area contributed by atoms with Crippen molar-refractivity contribution in [3.63, 3.8) is 0 Å². The Bertz CT molecular complexity index is 1160. The smallest absolute Gasteiger partial charge is 0.314 e. The third kappa shape index (κ3) is 3.61. The summed E-state index contributed by atoms with van der Waals surface area (Å²) in [5, 5.41) is 0. The van der Waals surface area contributed by atoms with Crippen molar-refractivity contribution in [2.45, 2.75) is 24.7 Å². The molecule has 0 aliphatic rings. The second kappa shape index (κ2) is 6.89. The van der Waals surface area contributed by atoms with Crippen LogP contribution in [0.15, 0.2) is 56.9 Å². The first-order valence-corrected chi connectivity index (χ1v) is 9.58. The fraction of sp³-hybridized carbons (Fsp3) is 0.222. The van der Waals surface area contributed by atoms with Gasteiger partial charge in [-0.25, -0.2) is 13.1 Å². The van der Waals surface area contributed by atoms with E-state index < -0.39 is 21.1 Å². The monoisotopic (exact) mass is 373 g/mol. The van der Waals surface area contributed by atoms with Crippen LogP contribution in [-0.4, -0.2) is 24.9 Å². The lowest BCUT2D eigenvalue weighted by Crippen LogP contribution is -2.30. The van der Waals surface area contributed by atoms with Gasteiger partial charge in [-0.15, -0.1) is 0 Å². The van der Waals surface area contributed by atoms with Gasteiger partial charge in [0.05, 0.1) is 15.9 Å². The van der Waals surface area contributed by atoms with Crippen LogP contribution in [0.3, 0.4) is 0 Å². The summed E-state index contributed by atoms with van der Waals surface area (Å²) in [6.45, 7) is 3.82. The Labute approximate surface area is 150 Å². The molecule has 0 amide bonds. The standard InChI is InChI=1S/C18H19N3O4S/c1-11-8-14-15(21-18(23)17(22)20-14)9-16(11)26(24,25)19-10-12(2)13-6-4-3-5-7-13/h3-9,12,19H,10H2,1-2H3,(H,20,22)(H,21,23). The maximum absolute atomic E-state index is 12.7. The molecule has 0 aliphatic heterocycles. The number of fused-ring (bicyclic) bond motifs is 1. The van der Waals surface area contributed by atoms with Crippen molar-refractivity contribution in [1.29, 1.82) is 0 Å². The zero-order chi connectivity index (χ0) is 18.9. The highest BCUT2D eigenvalue weighted by Gasteiger charge is 2.19. The molecule has 136 valence electrons. The van der Waals surface area contributed by atoms with Crippen molar-refractivity contribution in [2.75, 3.05) is 6.54 Å². The number of hydrogen-bond acceptors (Lipinski definition) is 4. The van der Waals surface area contributed by atoms with E-state index in [9.17, 15) is 18.0 Å². The predicted octanol–water partition coefficient (Wildman–Crippen LogP) is 1.61. The summed E-state index contributed by atoms with van der Waals surface area (Å²) in [5.41, 5.74) is 0.547. The predicted molar refractivity (Wildman–Crippen MR) is 100.0 cm³/mol. The van der Waals surface area contributed by atoms with Crippen LogP contribution >= 0.6 is 0 Å². The first kappa shape index (κ1) is 18.1. The number of aromatic amines is 2. The molecule has 0 fully saturated rings. The number of rotatable bonds is 5. The summed E-state index contributed by atoms with van der Waals surface area (Å²) in [6.07, 6.45) is 0. The molecule has 0 bridgehead atoms. The molecule has 3 aromatic rings. The molecule has 7 nitrogen and oxygen atoms in total. The summed E-state index contributed by atoms with van der Waals surface area (Å²) >= 11 is 0. The first-order valence-electron chi connectivity index (χ1n) is 8.09. The number of aromatic nitrogens is 2. The van der Waals surface area contributed by atoms with Crippen molar-refractivity contribution in [1.82, 2.24) is 14.7 Å². The summed E-state index contributed by atoms with van der Waals surface area (Å²) in [6, 6.07) is 12.5. The van der Waals surface area contributed by atoms with Crippen molar-refractivity contribution in [2.24, 2.45) is 0 Å². The van der Waals surface area contributed by atoms with E-state index in [4.69, 9.17) is 0 Å². The van der Waals surface area contributed by atoms with Gasteiger partial charge in [-0.2, -0.15) is 0 Å². The van der Waals surface area contributed by atoms with Crippen LogP contribution in [0.25, 0.3) is 11.0 Å². The van der Waals surface area contributed by atoms with Gasteiger partial charge in [0.15, 0.2) is 0 Å². The SMILES string of the molecule is Cc1cc2[nH]c(=O)c(=O)[nH]c2cc1S(=O)(=O)NCC(C)c1ccccc1. The maximum atomic E-state index is 12.7. The van der Waals surface area contributed by atoms with Crippen molar-refractivity contribution < 1.29 is 8.42 Å². The first-order chi connectivity index (χ1) is 12.3. The van der Waals surface area contributed by atoms with E-state index >= 15 is 0 Å². The van der Waals surface area contributed by atoms with E-state index in [2.05, 4.69) is 14.7 Å². The second-order valence-corrected chi connectivity index (χ2v) is 7.97. The molecule has 3 N–H and O–H groups in total. The lowest BCUT2D eigenvalue weighted by Gasteiger charge is -2.15. The summed E-state index contributed by atoms with van der Waals surface area (Å²) in [5.74, 6) is 0.00268. The van der Waals surface area contributed by atoms with Gasteiger partial charge in [-0.3, -0.25) is 9.59 Å². The molecule has 0 spiro atoms. The number of nitrogens with one attached hydrogen (secondary N) is 3. The van der Waals surface area contributed by atoms with E-state index in [0.29, 0.717) is 11.1 Å². The molecule has 1 unspecified atom stereocenters. The van der Waals surface area contributed by atoms with Gasteiger partial charge >= 0.3 is 11.1 Å². The Morgan fingerprint density at radius 2 is 1.58 bits per heavy atom. The molecular weight excluding hydrogens is 354 g/mol. The summed E-state index contributed by atoms with van der Waals surface area (Å²) in [4.78, 5) is 27.8. The number of aryl methyl sites for hydroxylation is 1. The average molecular weight is 373 g/mol. The van der Waals surface area contributed by atoms with Crippen LogP contribution in [0, 0.1) is 6.92 Å². The molecule has 0 saturated carbocycles. The lowest BCUT2D eigenvalue weighted by molar-refractivity contribution is 0.574. The van der Waals surface area contributed by atoms with Crippen LogP contribution in [0.5, 0.6) is 0 Å².